The van der Waals surface area contributed by atoms with E-state index >= 15 is 0 Å². The number of benzene rings is 1. The van der Waals surface area contributed by atoms with Crippen LogP contribution >= 0.6 is 22.6 Å². The van der Waals surface area contributed by atoms with Gasteiger partial charge in [-0.25, -0.2) is 9.48 Å². The Morgan fingerprint density at radius 2 is 2.00 bits per heavy atom. The quantitative estimate of drug-likeness (QED) is 0.782. The number of aromatic nitrogens is 3. The van der Waals surface area contributed by atoms with Crippen LogP contribution in [0.5, 0.6) is 0 Å². The first-order valence-corrected chi connectivity index (χ1v) is 5.57. The molecule has 0 radical (unpaired) electrons. The molecular weight excluding hydrogens is 305 g/mol. The van der Waals surface area contributed by atoms with Crippen LogP contribution in [0.1, 0.15) is 5.56 Å². The zero-order chi connectivity index (χ0) is 10.8. The van der Waals surface area contributed by atoms with Crippen LogP contribution in [0.3, 0.4) is 0 Å². The normalized spacial score (nSPS) is 10.5. The Hall–Kier alpha value is -1.11. The van der Waals surface area contributed by atoms with Crippen molar-refractivity contribution in [3.8, 4) is 0 Å². The molecule has 0 fully saturated rings. The highest BCUT2D eigenvalue weighted by Crippen LogP contribution is 2.06. The van der Waals surface area contributed by atoms with Crippen LogP contribution in [0.15, 0.2) is 35.4 Å². The third-order valence-corrected chi connectivity index (χ3v) is 2.85. The van der Waals surface area contributed by atoms with Crippen molar-refractivity contribution < 1.29 is 0 Å². The molecule has 0 aliphatic carbocycles. The van der Waals surface area contributed by atoms with Crippen LogP contribution in [-0.2, 0) is 13.6 Å². The fraction of sp³-hybridized carbons (Fsp3) is 0.200. The molecule has 0 spiro atoms. The van der Waals surface area contributed by atoms with Crippen LogP contribution in [0.2, 0.25) is 0 Å². The molecule has 1 aromatic heterocycles. The van der Waals surface area contributed by atoms with Gasteiger partial charge in [0.15, 0.2) is 0 Å². The molecule has 0 aliphatic heterocycles. The molecule has 1 aromatic carbocycles. The molecule has 0 aliphatic rings. The number of rotatable bonds is 2. The van der Waals surface area contributed by atoms with Gasteiger partial charge in [0.1, 0.15) is 6.33 Å². The number of halogens is 1. The summed E-state index contributed by atoms with van der Waals surface area (Å²) in [5, 5.41) is 4.00. The van der Waals surface area contributed by atoms with Crippen LogP contribution in [-0.4, -0.2) is 14.3 Å². The summed E-state index contributed by atoms with van der Waals surface area (Å²) in [6.45, 7) is 0.524. The highest BCUT2D eigenvalue weighted by Gasteiger charge is 2.01. The Labute approximate surface area is 101 Å². The maximum atomic E-state index is 11.5. The zero-order valence-electron chi connectivity index (χ0n) is 8.22. The second-order valence-electron chi connectivity index (χ2n) is 3.31. The van der Waals surface area contributed by atoms with E-state index in [1.54, 1.807) is 7.05 Å². The summed E-state index contributed by atoms with van der Waals surface area (Å²) >= 11 is 2.25. The molecule has 0 saturated carbocycles. The summed E-state index contributed by atoms with van der Waals surface area (Å²) < 4.78 is 4.10. The smallest absolute Gasteiger partial charge is 0.285 e. The first-order chi connectivity index (χ1) is 7.16. The Morgan fingerprint density at radius 1 is 1.33 bits per heavy atom. The number of aryl methyl sites for hydroxylation is 1. The van der Waals surface area contributed by atoms with E-state index in [0.717, 1.165) is 5.56 Å². The van der Waals surface area contributed by atoms with E-state index in [2.05, 4.69) is 27.7 Å². The van der Waals surface area contributed by atoms with Gasteiger partial charge in [0.25, 0.3) is 0 Å². The third kappa shape index (κ3) is 2.28. The maximum Gasteiger partial charge on any atom is 0.345 e. The minimum absolute atomic E-state index is 0.0893. The number of hydrogen-bond donors (Lipinski definition) is 0. The van der Waals surface area contributed by atoms with Crippen LogP contribution < -0.4 is 5.69 Å². The molecule has 0 atom stereocenters. The van der Waals surface area contributed by atoms with Crippen molar-refractivity contribution in [1.29, 1.82) is 0 Å². The number of nitrogens with zero attached hydrogens (tertiary/aromatic N) is 3. The Balaban J connectivity index is 2.26. The molecule has 0 saturated heterocycles. The Morgan fingerprint density at radius 3 is 2.53 bits per heavy atom. The van der Waals surface area contributed by atoms with Gasteiger partial charge >= 0.3 is 5.69 Å². The summed E-state index contributed by atoms with van der Waals surface area (Å²) in [6, 6.07) is 8.04. The SMILES string of the molecule is Cn1cnn(Cc2ccc(I)cc2)c1=O. The van der Waals surface area contributed by atoms with Crippen molar-refractivity contribution in [2.24, 2.45) is 7.05 Å². The topological polar surface area (TPSA) is 39.8 Å². The minimum Gasteiger partial charge on any atom is -0.285 e. The molecule has 0 amide bonds. The largest absolute Gasteiger partial charge is 0.345 e. The van der Waals surface area contributed by atoms with Gasteiger partial charge in [-0.15, -0.1) is 0 Å². The average molecular weight is 315 g/mol. The van der Waals surface area contributed by atoms with Crippen molar-refractivity contribution in [2.45, 2.75) is 6.54 Å². The summed E-state index contributed by atoms with van der Waals surface area (Å²) in [4.78, 5) is 11.5. The van der Waals surface area contributed by atoms with Crippen LogP contribution in [0.25, 0.3) is 0 Å². The van der Waals surface area contributed by atoms with Gasteiger partial charge in [0.2, 0.25) is 0 Å². The molecule has 2 rings (SSSR count). The van der Waals surface area contributed by atoms with Gasteiger partial charge in [-0.3, -0.25) is 4.57 Å². The van der Waals surface area contributed by atoms with Gasteiger partial charge in [0.05, 0.1) is 6.54 Å². The van der Waals surface area contributed by atoms with Crippen molar-refractivity contribution in [2.75, 3.05) is 0 Å². The highest BCUT2D eigenvalue weighted by molar-refractivity contribution is 14.1. The minimum atomic E-state index is -0.0893. The maximum absolute atomic E-state index is 11.5. The molecular formula is C10H10IN3O. The summed E-state index contributed by atoms with van der Waals surface area (Å²) in [5.74, 6) is 0. The molecule has 0 unspecified atom stereocenters. The second-order valence-corrected chi connectivity index (χ2v) is 4.55. The van der Waals surface area contributed by atoms with Gasteiger partial charge in [-0.1, -0.05) is 12.1 Å². The van der Waals surface area contributed by atoms with Crippen LogP contribution in [0.4, 0.5) is 0 Å². The van der Waals surface area contributed by atoms with E-state index < -0.39 is 0 Å². The van der Waals surface area contributed by atoms with Gasteiger partial charge in [-0.05, 0) is 40.3 Å². The highest BCUT2D eigenvalue weighted by atomic mass is 127. The van der Waals surface area contributed by atoms with Crippen molar-refractivity contribution >= 4 is 22.6 Å². The predicted octanol–water partition coefficient (Wildman–Crippen LogP) is 1.23. The molecule has 15 heavy (non-hydrogen) atoms. The second kappa shape index (κ2) is 4.18. The summed E-state index contributed by atoms with van der Waals surface area (Å²) in [5.41, 5.74) is 0.991. The van der Waals surface area contributed by atoms with E-state index in [9.17, 15) is 4.79 Å². The monoisotopic (exact) mass is 315 g/mol. The zero-order valence-corrected chi connectivity index (χ0v) is 10.4. The molecule has 1 heterocycles. The summed E-state index contributed by atoms with van der Waals surface area (Å²) in [6.07, 6.45) is 1.52. The lowest BCUT2D eigenvalue weighted by Gasteiger charge is -2.00. The Kier molecular flexibility index (Phi) is 2.90. The molecule has 0 N–H and O–H groups in total. The molecule has 78 valence electrons. The van der Waals surface area contributed by atoms with Crippen LogP contribution in [0, 0.1) is 3.57 Å². The molecule has 5 heteroatoms. The lowest BCUT2D eigenvalue weighted by molar-refractivity contribution is 0.646. The fourth-order valence-electron chi connectivity index (χ4n) is 1.29. The molecule has 0 bridgehead atoms. The lowest BCUT2D eigenvalue weighted by Crippen LogP contribution is -2.23. The lowest BCUT2D eigenvalue weighted by atomic mass is 10.2. The van der Waals surface area contributed by atoms with E-state index in [1.165, 1.54) is 19.1 Å². The van der Waals surface area contributed by atoms with E-state index in [4.69, 9.17) is 0 Å². The van der Waals surface area contributed by atoms with E-state index in [0.29, 0.717) is 6.54 Å². The van der Waals surface area contributed by atoms with Gasteiger partial charge in [0, 0.05) is 10.6 Å². The van der Waals surface area contributed by atoms with Crippen molar-refractivity contribution in [3.63, 3.8) is 0 Å². The van der Waals surface area contributed by atoms with Crippen molar-refractivity contribution in [3.05, 3.63) is 50.2 Å². The molecule has 2 aromatic rings. The third-order valence-electron chi connectivity index (χ3n) is 2.13. The number of hydrogen-bond acceptors (Lipinski definition) is 2. The van der Waals surface area contributed by atoms with Gasteiger partial charge < -0.3 is 0 Å². The van der Waals surface area contributed by atoms with Gasteiger partial charge in [-0.2, -0.15) is 5.10 Å². The summed E-state index contributed by atoms with van der Waals surface area (Å²) in [7, 11) is 1.69. The fourth-order valence-corrected chi connectivity index (χ4v) is 1.65. The van der Waals surface area contributed by atoms with Crippen molar-refractivity contribution in [1.82, 2.24) is 14.3 Å². The predicted molar refractivity (Wildman–Crippen MR) is 65.7 cm³/mol. The van der Waals surface area contributed by atoms with E-state index in [-0.39, 0.29) is 5.69 Å². The molecule has 4 nitrogen and oxygen atoms in total. The standard InChI is InChI=1S/C10H10IN3O/c1-13-7-12-14(10(13)15)6-8-2-4-9(11)5-3-8/h2-5,7H,6H2,1H3. The first kappa shape index (κ1) is 10.4. The first-order valence-electron chi connectivity index (χ1n) is 4.50. The average Bonchev–Trinajstić information content (AvgIpc) is 2.53. The Bertz CT molecular complexity index is 512. The van der Waals surface area contributed by atoms with E-state index in [1.807, 2.05) is 24.3 Å².